The number of anilines is 1. The lowest BCUT2D eigenvalue weighted by Crippen LogP contribution is -2.49. The van der Waals surface area contributed by atoms with Crippen molar-refractivity contribution < 1.29 is 17.2 Å². The number of nitrogens with zero attached hydrogens (tertiary/aromatic N) is 4. The first-order valence-corrected chi connectivity index (χ1v) is 10.8. The van der Waals surface area contributed by atoms with Crippen LogP contribution >= 0.6 is 11.3 Å². The molecule has 3 aromatic rings. The predicted octanol–water partition coefficient (Wildman–Crippen LogP) is 2.62. The van der Waals surface area contributed by atoms with E-state index in [1.54, 1.807) is 11.3 Å². The van der Waals surface area contributed by atoms with Crippen LogP contribution in [-0.2, 0) is 15.8 Å². The van der Waals surface area contributed by atoms with Crippen molar-refractivity contribution in [3.63, 3.8) is 0 Å². The molecular weight excluding hydrogens is 394 g/mol. The fourth-order valence-electron chi connectivity index (χ4n) is 3.11. The molecule has 1 saturated heterocycles. The lowest BCUT2D eigenvalue weighted by atomic mass is 10.2. The molecule has 142 valence electrons. The maximum atomic E-state index is 13.8. The molecule has 0 amide bonds. The van der Waals surface area contributed by atoms with Gasteiger partial charge in [-0.05, 0) is 17.5 Å². The third-order valence-corrected chi connectivity index (χ3v) is 7.24. The summed E-state index contributed by atoms with van der Waals surface area (Å²) in [6, 6.07) is 4.85. The summed E-state index contributed by atoms with van der Waals surface area (Å²) in [5, 5.41) is 1.95. The SMILES string of the molecule is O=S(=O)(Cc1ccc(F)cc1F)N1CCN(c2ncnc3ccsc23)CC1. The molecule has 10 heteroatoms. The molecule has 0 N–H and O–H groups in total. The van der Waals surface area contributed by atoms with Crippen molar-refractivity contribution >= 4 is 37.4 Å². The molecule has 1 aliphatic heterocycles. The minimum Gasteiger partial charge on any atom is -0.353 e. The second-order valence-electron chi connectivity index (χ2n) is 6.21. The molecule has 3 heterocycles. The van der Waals surface area contributed by atoms with E-state index in [0.717, 1.165) is 22.1 Å². The molecule has 1 aliphatic rings. The van der Waals surface area contributed by atoms with Crippen molar-refractivity contribution in [3.8, 4) is 0 Å². The van der Waals surface area contributed by atoms with Gasteiger partial charge in [0.25, 0.3) is 0 Å². The lowest BCUT2D eigenvalue weighted by Gasteiger charge is -2.34. The van der Waals surface area contributed by atoms with Gasteiger partial charge in [0.15, 0.2) is 0 Å². The first-order valence-electron chi connectivity index (χ1n) is 8.29. The van der Waals surface area contributed by atoms with Crippen molar-refractivity contribution in [1.82, 2.24) is 14.3 Å². The second-order valence-corrected chi connectivity index (χ2v) is 9.10. The Morgan fingerprint density at radius 1 is 1.07 bits per heavy atom. The van der Waals surface area contributed by atoms with E-state index in [1.165, 1.54) is 16.7 Å². The monoisotopic (exact) mass is 410 g/mol. The first-order chi connectivity index (χ1) is 12.9. The Bertz CT molecular complexity index is 1080. The molecule has 0 atom stereocenters. The van der Waals surface area contributed by atoms with Gasteiger partial charge in [-0.2, -0.15) is 4.31 Å². The maximum Gasteiger partial charge on any atom is 0.218 e. The van der Waals surface area contributed by atoms with Gasteiger partial charge < -0.3 is 4.90 Å². The summed E-state index contributed by atoms with van der Waals surface area (Å²) in [6.07, 6.45) is 1.50. The Balaban J connectivity index is 1.47. The average Bonchev–Trinajstić information content (AvgIpc) is 3.13. The largest absolute Gasteiger partial charge is 0.353 e. The number of halogens is 2. The van der Waals surface area contributed by atoms with Crippen LogP contribution in [0.4, 0.5) is 14.6 Å². The van der Waals surface area contributed by atoms with Crippen LogP contribution < -0.4 is 4.90 Å². The normalized spacial score (nSPS) is 16.1. The van der Waals surface area contributed by atoms with E-state index in [4.69, 9.17) is 0 Å². The molecule has 1 aromatic carbocycles. The van der Waals surface area contributed by atoms with Crippen molar-refractivity contribution in [3.05, 3.63) is 53.2 Å². The van der Waals surface area contributed by atoms with Crippen molar-refractivity contribution in [2.24, 2.45) is 0 Å². The second kappa shape index (κ2) is 7.10. The molecular formula is C17H16F2N4O2S2. The molecule has 1 fully saturated rings. The third-order valence-electron chi connectivity index (χ3n) is 4.51. The third kappa shape index (κ3) is 3.64. The van der Waals surface area contributed by atoms with Crippen LogP contribution in [0.15, 0.2) is 36.0 Å². The minimum atomic E-state index is -3.69. The smallest absolute Gasteiger partial charge is 0.218 e. The number of hydrogen-bond acceptors (Lipinski definition) is 6. The summed E-state index contributed by atoms with van der Waals surface area (Å²) in [5.41, 5.74) is 0.835. The van der Waals surface area contributed by atoms with Gasteiger partial charge in [0, 0.05) is 37.8 Å². The molecule has 2 aromatic heterocycles. The van der Waals surface area contributed by atoms with Crippen LogP contribution in [0.2, 0.25) is 0 Å². The van der Waals surface area contributed by atoms with E-state index >= 15 is 0 Å². The Hall–Kier alpha value is -2.17. The van der Waals surface area contributed by atoms with Crippen LogP contribution in [0.5, 0.6) is 0 Å². The molecule has 0 bridgehead atoms. The number of aromatic nitrogens is 2. The zero-order valence-electron chi connectivity index (χ0n) is 14.2. The molecule has 4 rings (SSSR count). The van der Waals surface area contributed by atoms with E-state index in [9.17, 15) is 17.2 Å². The number of thiophene rings is 1. The fourth-order valence-corrected chi connectivity index (χ4v) is 5.50. The summed E-state index contributed by atoms with van der Waals surface area (Å²) in [7, 11) is -3.69. The molecule has 0 spiro atoms. The summed E-state index contributed by atoms with van der Waals surface area (Å²) in [4.78, 5) is 10.6. The molecule has 6 nitrogen and oxygen atoms in total. The van der Waals surface area contributed by atoms with E-state index in [1.807, 2.05) is 16.3 Å². The van der Waals surface area contributed by atoms with Gasteiger partial charge in [-0.15, -0.1) is 11.3 Å². The van der Waals surface area contributed by atoms with Gasteiger partial charge >= 0.3 is 0 Å². The molecule has 0 radical (unpaired) electrons. The van der Waals surface area contributed by atoms with Gasteiger partial charge in [0.1, 0.15) is 23.8 Å². The van der Waals surface area contributed by atoms with Gasteiger partial charge in [-0.3, -0.25) is 0 Å². The number of rotatable bonds is 4. The Morgan fingerprint density at radius 2 is 1.85 bits per heavy atom. The number of hydrogen-bond donors (Lipinski definition) is 0. The fraction of sp³-hybridized carbons (Fsp3) is 0.294. The standard InChI is InChI=1S/C17H16F2N4O2S2/c18-13-2-1-12(14(19)9-13)10-27(24,25)23-6-4-22(5-7-23)17-16-15(3-8-26-16)20-11-21-17/h1-3,8-9,11H,4-7,10H2. The quantitative estimate of drug-likeness (QED) is 0.662. The number of sulfonamides is 1. The van der Waals surface area contributed by atoms with E-state index in [-0.39, 0.29) is 18.7 Å². The van der Waals surface area contributed by atoms with E-state index < -0.39 is 27.4 Å². The molecule has 27 heavy (non-hydrogen) atoms. The topological polar surface area (TPSA) is 66.4 Å². The van der Waals surface area contributed by atoms with Crippen molar-refractivity contribution in [2.45, 2.75) is 5.75 Å². The first kappa shape index (κ1) is 18.2. The highest BCUT2D eigenvalue weighted by Gasteiger charge is 2.29. The van der Waals surface area contributed by atoms with E-state index in [0.29, 0.717) is 19.2 Å². The average molecular weight is 410 g/mol. The van der Waals surface area contributed by atoms with Crippen LogP contribution in [0.3, 0.4) is 0 Å². The zero-order valence-corrected chi connectivity index (χ0v) is 15.8. The maximum absolute atomic E-state index is 13.8. The van der Waals surface area contributed by atoms with Gasteiger partial charge in [0.2, 0.25) is 10.0 Å². The Kier molecular flexibility index (Phi) is 4.79. The van der Waals surface area contributed by atoms with Crippen LogP contribution in [-0.4, -0.2) is 48.9 Å². The molecule has 0 aliphatic carbocycles. The van der Waals surface area contributed by atoms with Crippen LogP contribution in [0.1, 0.15) is 5.56 Å². The highest BCUT2D eigenvalue weighted by molar-refractivity contribution is 7.88. The highest BCUT2D eigenvalue weighted by Crippen LogP contribution is 2.29. The summed E-state index contributed by atoms with van der Waals surface area (Å²) in [6.45, 7) is 1.52. The summed E-state index contributed by atoms with van der Waals surface area (Å²) < 4.78 is 54.4. The van der Waals surface area contributed by atoms with Crippen molar-refractivity contribution in [2.75, 3.05) is 31.1 Å². The van der Waals surface area contributed by atoms with E-state index in [2.05, 4.69) is 9.97 Å². The van der Waals surface area contributed by atoms with Crippen LogP contribution in [0.25, 0.3) is 10.2 Å². The molecule has 0 saturated carbocycles. The number of piperazine rings is 1. The summed E-state index contributed by atoms with van der Waals surface area (Å²) in [5.74, 6) is -1.26. The zero-order chi connectivity index (χ0) is 19.0. The van der Waals surface area contributed by atoms with Crippen LogP contribution in [0, 0.1) is 11.6 Å². The summed E-state index contributed by atoms with van der Waals surface area (Å²) >= 11 is 1.55. The van der Waals surface area contributed by atoms with Gasteiger partial charge in [-0.1, -0.05) is 6.07 Å². The van der Waals surface area contributed by atoms with Crippen molar-refractivity contribution in [1.29, 1.82) is 0 Å². The highest BCUT2D eigenvalue weighted by atomic mass is 32.2. The lowest BCUT2D eigenvalue weighted by molar-refractivity contribution is 0.383. The predicted molar refractivity (Wildman–Crippen MR) is 100 cm³/mol. The number of benzene rings is 1. The minimum absolute atomic E-state index is 0.0325. The number of fused-ring (bicyclic) bond motifs is 1. The Morgan fingerprint density at radius 3 is 2.59 bits per heavy atom. The Labute approximate surface area is 159 Å². The van der Waals surface area contributed by atoms with Gasteiger partial charge in [0.05, 0.1) is 16.0 Å². The van der Waals surface area contributed by atoms with Gasteiger partial charge in [-0.25, -0.2) is 27.2 Å². The molecule has 0 unspecified atom stereocenters.